The molecule has 0 bridgehead atoms. The number of anilines is 2. The van der Waals surface area contributed by atoms with Gasteiger partial charge in [0.05, 0.1) is 18.0 Å². The molecule has 0 unspecified atom stereocenters. The van der Waals surface area contributed by atoms with Crippen molar-refractivity contribution in [2.45, 2.75) is 13.5 Å². The minimum atomic E-state index is -0.252. The number of carbonyl (C=O) groups excluding carboxylic acids is 1. The summed E-state index contributed by atoms with van der Waals surface area (Å²) in [5.74, 6) is -0.252. The first-order chi connectivity index (χ1) is 10.1. The van der Waals surface area contributed by atoms with Gasteiger partial charge in [0.2, 0.25) is 5.91 Å². The summed E-state index contributed by atoms with van der Waals surface area (Å²) in [6, 6.07) is 12.8. The highest BCUT2D eigenvalue weighted by Crippen LogP contribution is 2.19. The molecular weight excluding hydrogens is 288 g/mol. The second kappa shape index (κ2) is 7.11. The summed E-state index contributed by atoms with van der Waals surface area (Å²) in [6.45, 7) is 2.17. The maximum atomic E-state index is 11.8. The van der Waals surface area contributed by atoms with E-state index in [9.17, 15) is 4.79 Å². The molecule has 0 heterocycles. The Labute approximate surface area is 128 Å². The normalized spacial score (nSPS) is 10.4. The van der Waals surface area contributed by atoms with Gasteiger partial charge < -0.3 is 15.8 Å². The smallest absolute Gasteiger partial charge is 0.250 e. The summed E-state index contributed by atoms with van der Waals surface area (Å²) in [4.78, 5) is 11.8. The molecule has 0 aliphatic heterocycles. The molecule has 21 heavy (non-hydrogen) atoms. The van der Waals surface area contributed by atoms with Crippen LogP contribution in [0, 0.1) is 6.92 Å². The van der Waals surface area contributed by atoms with Crippen LogP contribution in [0.4, 0.5) is 11.4 Å². The first-order valence-electron chi connectivity index (χ1n) is 6.53. The van der Waals surface area contributed by atoms with Gasteiger partial charge in [-0.05, 0) is 36.2 Å². The lowest BCUT2D eigenvalue weighted by atomic mass is 10.2. The standard InChI is InChI=1S/C16H17ClN2O2/c1-11-6-7-15(14(18)8-11)19-16(20)10-21-9-12-4-2-3-5-13(12)17/h2-8H,9-10,18H2,1H3,(H,19,20). The average molecular weight is 305 g/mol. The highest BCUT2D eigenvalue weighted by atomic mass is 35.5. The van der Waals surface area contributed by atoms with Gasteiger partial charge in [-0.3, -0.25) is 4.79 Å². The third-order valence-corrected chi connectivity index (χ3v) is 3.30. The van der Waals surface area contributed by atoms with Crippen LogP contribution in [0.5, 0.6) is 0 Å². The second-order valence-corrected chi connectivity index (χ2v) is 5.13. The number of halogens is 1. The Morgan fingerprint density at radius 2 is 2.05 bits per heavy atom. The Kier molecular flexibility index (Phi) is 5.20. The zero-order valence-electron chi connectivity index (χ0n) is 11.7. The van der Waals surface area contributed by atoms with Gasteiger partial charge in [0.15, 0.2) is 0 Å². The SMILES string of the molecule is Cc1ccc(NC(=O)COCc2ccccc2Cl)c(N)c1. The number of aryl methyl sites for hydroxylation is 1. The van der Waals surface area contributed by atoms with Gasteiger partial charge in [-0.1, -0.05) is 35.9 Å². The van der Waals surface area contributed by atoms with E-state index < -0.39 is 0 Å². The minimum Gasteiger partial charge on any atom is -0.397 e. The topological polar surface area (TPSA) is 64.3 Å². The van der Waals surface area contributed by atoms with E-state index in [0.29, 0.717) is 16.4 Å². The summed E-state index contributed by atoms with van der Waals surface area (Å²) in [5.41, 5.74) is 8.85. The van der Waals surface area contributed by atoms with Crippen molar-refractivity contribution in [1.29, 1.82) is 0 Å². The van der Waals surface area contributed by atoms with Gasteiger partial charge in [0.25, 0.3) is 0 Å². The summed E-state index contributed by atoms with van der Waals surface area (Å²) in [7, 11) is 0. The van der Waals surface area contributed by atoms with E-state index in [1.807, 2.05) is 31.2 Å². The van der Waals surface area contributed by atoms with Crippen LogP contribution in [0.1, 0.15) is 11.1 Å². The molecule has 0 fully saturated rings. The number of hydrogen-bond acceptors (Lipinski definition) is 3. The zero-order valence-corrected chi connectivity index (χ0v) is 12.5. The number of rotatable bonds is 5. The number of benzene rings is 2. The van der Waals surface area contributed by atoms with Crippen molar-refractivity contribution in [1.82, 2.24) is 0 Å². The van der Waals surface area contributed by atoms with Crippen molar-refractivity contribution < 1.29 is 9.53 Å². The van der Waals surface area contributed by atoms with Crippen molar-refractivity contribution in [2.24, 2.45) is 0 Å². The fourth-order valence-corrected chi connectivity index (χ4v) is 2.04. The number of hydrogen-bond donors (Lipinski definition) is 2. The van der Waals surface area contributed by atoms with Crippen LogP contribution in [0.25, 0.3) is 0 Å². The third-order valence-electron chi connectivity index (χ3n) is 2.93. The van der Waals surface area contributed by atoms with Crippen molar-refractivity contribution in [2.75, 3.05) is 17.7 Å². The van der Waals surface area contributed by atoms with Gasteiger partial charge in [0.1, 0.15) is 6.61 Å². The lowest BCUT2D eigenvalue weighted by molar-refractivity contribution is -0.121. The van der Waals surface area contributed by atoms with Crippen LogP contribution in [0.15, 0.2) is 42.5 Å². The Morgan fingerprint density at radius 1 is 1.29 bits per heavy atom. The highest BCUT2D eigenvalue weighted by Gasteiger charge is 2.06. The number of nitrogens with two attached hydrogens (primary N) is 1. The fourth-order valence-electron chi connectivity index (χ4n) is 1.85. The summed E-state index contributed by atoms with van der Waals surface area (Å²) < 4.78 is 5.36. The number of amides is 1. The molecule has 4 nitrogen and oxygen atoms in total. The van der Waals surface area contributed by atoms with Gasteiger partial charge in [-0.25, -0.2) is 0 Å². The number of carbonyl (C=O) groups is 1. The van der Waals surface area contributed by atoms with Gasteiger partial charge >= 0.3 is 0 Å². The molecule has 0 saturated carbocycles. The Morgan fingerprint density at radius 3 is 2.76 bits per heavy atom. The molecule has 0 spiro atoms. The van der Waals surface area contributed by atoms with Crippen molar-refractivity contribution in [3.8, 4) is 0 Å². The molecule has 2 rings (SSSR count). The van der Waals surface area contributed by atoms with E-state index in [1.54, 1.807) is 18.2 Å². The van der Waals surface area contributed by atoms with Crippen molar-refractivity contribution in [3.05, 3.63) is 58.6 Å². The fraction of sp³-hybridized carbons (Fsp3) is 0.188. The van der Waals surface area contributed by atoms with Crippen LogP contribution in [-0.2, 0) is 16.1 Å². The summed E-state index contributed by atoms with van der Waals surface area (Å²) >= 11 is 6.01. The van der Waals surface area contributed by atoms with Crippen LogP contribution < -0.4 is 11.1 Å². The first kappa shape index (κ1) is 15.4. The van der Waals surface area contributed by atoms with E-state index in [1.165, 1.54) is 0 Å². The molecule has 5 heteroatoms. The third kappa shape index (κ3) is 4.48. The lowest BCUT2D eigenvalue weighted by Gasteiger charge is -2.09. The number of ether oxygens (including phenoxy) is 1. The Balaban J connectivity index is 1.84. The predicted octanol–water partition coefficient (Wildman–Crippen LogP) is 3.39. The molecule has 1 amide bonds. The molecule has 0 radical (unpaired) electrons. The van der Waals surface area contributed by atoms with E-state index >= 15 is 0 Å². The van der Waals surface area contributed by atoms with Crippen LogP contribution >= 0.6 is 11.6 Å². The minimum absolute atomic E-state index is 0.0570. The Hall–Kier alpha value is -2.04. The van der Waals surface area contributed by atoms with Gasteiger partial charge in [0, 0.05) is 5.02 Å². The van der Waals surface area contributed by atoms with Crippen LogP contribution in [0.2, 0.25) is 5.02 Å². The predicted molar refractivity (Wildman–Crippen MR) is 85.3 cm³/mol. The molecule has 3 N–H and O–H groups in total. The summed E-state index contributed by atoms with van der Waals surface area (Å²) in [6.07, 6.45) is 0. The molecule has 0 atom stereocenters. The Bertz CT molecular complexity index is 644. The van der Waals surface area contributed by atoms with Crippen LogP contribution in [0.3, 0.4) is 0 Å². The molecular formula is C16H17ClN2O2. The van der Waals surface area contributed by atoms with E-state index in [2.05, 4.69) is 5.32 Å². The zero-order chi connectivity index (χ0) is 15.2. The maximum absolute atomic E-state index is 11.8. The average Bonchev–Trinajstić information content (AvgIpc) is 2.44. The quantitative estimate of drug-likeness (QED) is 0.832. The molecule has 0 aliphatic rings. The number of nitrogen functional groups attached to an aromatic ring is 1. The van der Waals surface area contributed by atoms with E-state index in [-0.39, 0.29) is 19.1 Å². The molecule has 110 valence electrons. The van der Waals surface area contributed by atoms with E-state index in [0.717, 1.165) is 11.1 Å². The lowest BCUT2D eigenvalue weighted by Crippen LogP contribution is -2.19. The number of nitrogens with one attached hydrogen (secondary N) is 1. The summed E-state index contributed by atoms with van der Waals surface area (Å²) in [5, 5.41) is 3.34. The first-order valence-corrected chi connectivity index (χ1v) is 6.91. The second-order valence-electron chi connectivity index (χ2n) is 4.72. The van der Waals surface area contributed by atoms with Crippen molar-refractivity contribution >= 4 is 28.9 Å². The highest BCUT2D eigenvalue weighted by molar-refractivity contribution is 6.31. The molecule has 0 aromatic heterocycles. The molecule has 2 aromatic carbocycles. The largest absolute Gasteiger partial charge is 0.397 e. The van der Waals surface area contributed by atoms with Crippen LogP contribution in [-0.4, -0.2) is 12.5 Å². The monoisotopic (exact) mass is 304 g/mol. The molecule has 0 aliphatic carbocycles. The van der Waals surface area contributed by atoms with Gasteiger partial charge in [-0.2, -0.15) is 0 Å². The molecule has 0 saturated heterocycles. The van der Waals surface area contributed by atoms with Gasteiger partial charge in [-0.15, -0.1) is 0 Å². The molecule has 2 aromatic rings. The maximum Gasteiger partial charge on any atom is 0.250 e. The van der Waals surface area contributed by atoms with Crippen molar-refractivity contribution in [3.63, 3.8) is 0 Å². The van der Waals surface area contributed by atoms with E-state index in [4.69, 9.17) is 22.1 Å².